The highest BCUT2D eigenvalue weighted by Crippen LogP contribution is 2.59. The maximum atomic E-state index is 13.2. The SMILES string of the molecule is CC(C)(Oc1ccc(C2CC2(Cl)Cl)cc1)C(=O)N1CC[C@@]2(O)CCCC[C@H]2C1. The summed E-state index contributed by atoms with van der Waals surface area (Å²) in [6, 6.07) is 7.69. The minimum absolute atomic E-state index is 0.0214. The quantitative estimate of drug-likeness (QED) is 0.713. The van der Waals surface area contributed by atoms with Crippen molar-refractivity contribution in [3.05, 3.63) is 29.8 Å². The summed E-state index contributed by atoms with van der Waals surface area (Å²) in [5.74, 6) is 0.983. The lowest BCUT2D eigenvalue weighted by atomic mass is 9.71. The third-order valence-corrected chi connectivity index (χ3v) is 7.55. The van der Waals surface area contributed by atoms with Gasteiger partial charge in [0.1, 0.15) is 10.1 Å². The van der Waals surface area contributed by atoms with E-state index >= 15 is 0 Å². The van der Waals surface area contributed by atoms with Crippen molar-refractivity contribution in [1.82, 2.24) is 4.90 Å². The summed E-state index contributed by atoms with van der Waals surface area (Å²) < 4.78 is 5.42. The molecule has 1 N–H and O–H groups in total. The van der Waals surface area contributed by atoms with Crippen LogP contribution in [0.2, 0.25) is 0 Å². The van der Waals surface area contributed by atoms with Crippen molar-refractivity contribution in [3.8, 4) is 5.75 Å². The van der Waals surface area contributed by atoms with Gasteiger partial charge in [0.05, 0.1) is 5.60 Å². The maximum Gasteiger partial charge on any atom is 0.266 e. The number of piperidine rings is 1. The molecular formula is C22H29Cl2NO3. The second-order valence-electron chi connectivity index (χ2n) is 9.25. The molecule has 0 spiro atoms. The van der Waals surface area contributed by atoms with Crippen LogP contribution in [0.15, 0.2) is 24.3 Å². The molecule has 0 aromatic heterocycles. The number of amides is 1. The van der Waals surface area contributed by atoms with E-state index in [-0.39, 0.29) is 17.7 Å². The first-order valence-corrected chi connectivity index (χ1v) is 11.0. The third-order valence-electron chi connectivity index (χ3n) is 6.71. The molecule has 1 aromatic carbocycles. The molecule has 1 amide bonds. The van der Waals surface area contributed by atoms with E-state index < -0.39 is 15.5 Å². The van der Waals surface area contributed by atoms with Crippen molar-refractivity contribution in [2.75, 3.05) is 13.1 Å². The second kappa shape index (κ2) is 7.07. The lowest BCUT2D eigenvalue weighted by Gasteiger charge is -2.48. The summed E-state index contributed by atoms with van der Waals surface area (Å²) >= 11 is 12.3. The van der Waals surface area contributed by atoms with Crippen LogP contribution >= 0.6 is 23.2 Å². The van der Waals surface area contributed by atoms with Gasteiger partial charge in [-0.2, -0.15) is 0 Å². The molecule has 3 fully saturated rings. The van der Waals surface area contributed by atoms with Crippen LogP contribution in [0, 0.1) is 5.92 Å². The predicted molar refractivity (Wildman–Crippen MR) is 111 cm³/mol. The zero-order valence-electron chi connectivity index (χ0n) is 16.6. The van der Waals surface area contributed by atoms with Crippen molar-refractivity contribution in [2.45, 2.75) is 73.8 Å². The van der Waals surface area contributed by atoms with Gasteiger partial charge in [-0.25, -0.2) is 0 Å². The Morgan fingerprint density at radius 1 is 1.21 bits per heavy atom. The highest BCUT2D eigenvalue weighted by molar-refractivity contribution is 6.51. The fourth-order valence-electron chi connectivity index (χ4n) is 4.82. The number of nitrogens with zero attached hydrogens (tertiary/aromatic N) is 1. The first-order valence-electron chi connectivity index (χ1n) is 10.3. The van der Waals surface area contributed by atoms with Gasteiger partial charge in [-0.1, -0.05) is 25.0 Å². The lowest BCUT2D eigenvalue weighted by molar-refractivity contribution is -0.156. The topological polar surface area (TPSA) is 49.8 Å². The van der Waals surface area contributed by atoms with Crippen LogP contribution in [0.5, 0.6) is 5.75 Å². The molecule has 2 saturated carbocycles. The molecule has 1 heterocycles. The monoisotopic (exact) mass is 425 g/mol. The van der Waals surface area contributed by atoms with E-state index in [1.54, 1.807) is 0 Å². The number of fused-ring (bicyclic) bond motifs is 1. The number of hydrogen-bond acceptors (Lipinski definition) is 3. The molecule has 1 aliphatic heterocycles. The van der Waals surface area contributed by atoms with Crippen molar-refractivity contribution in [1.29, 1.82) is 0 Å². The highest BCUT2D eigenvalue weighted by atomic mass is 35.5. The molecule has 0 radical (unpaired) electrons. The average Bonchev–Trinajstić information content (AvgIpc) is 3.29. The Kier molecular flexibility index (Phi) is 5.13. The van der Waals surface area contributed by atoms with Crippen LogP contribution < -0.4 is 4.74 Å². The second-order valence-corrected chi connectivity index (χ2v) is 10.8. The molecule has 154 valence electrons. The number of likely N-dealkylation sites (tertiary alicyclic amines) is 1. The Morgan fingerprint density at radius 3 is 2.54 bits per heavy atom. The largest absolute Gasteiger partial charge is 0.478 e. The van der Waals surface area contributed by atoms with Crippen LogP contribution in [-0.4, -0.2) is 44.5 Å². The van der Waals surface area contributed by atoms with Gasteiger partial charge >= 0.3 is 0 Å². The van der Waals surface area contributed by atoms with E-state index in [1.807, 2.05) is 43.0 Å². The molecule has 6 heteroatoms. The zero-order valence-corrected chi connectivity index (χ0v) is 18.1. The fourth-order valence-corrected chi connectivity index (χ4v) is 5.38. The molecule has 4 nitrogen and oxygen atoms in total. The maximum absolute atomic E-state index is 13.2. The van der Waals surface area contributed by atoms with Crippen molar-refractivity contribution >= 4 is 29.1 Å². The minimum atomic E-state index is -0.964. The standard InChI is InChI=1S/C22H29Cl2NO3/c1-20(2,28-17-8-6-15(7-9-17)18-13-22(18,23)24)19(26)25-12-11-21(27)10-4-3-5-16(21)14-25/h6-9,16,18,27H,3-5,10-14H2,1-2H3/t16-,18?,21-/m0/s1. The summed E-state index contributed by atoms with van der Waals surface area (Å²) in [6.45, 7) is 4.84. The Hall–Kier alpha value is -0.970. The first kappa shape index (κ1) is 20.3. The van der Waals surface area contributed by atoms with E-state index in [2.05, 4.69) is 0 Å². The number of rotatable bonds is 4. The third kappa shape index (κ3) is 3.88. The highest BCUT2D eigenvalue weighted by Gasteiger charge is 2.52. The molecule has 28 heavy (non-hydrogen) atoms. The van der Waals surface area contributed by atoms with Gasteiger partial charge in [0.25, 0.3) is 5.91 Å². The summed E-state index contributed by atoms with van der Waals surface area (Å²) in [7, 11) is 0. The normalized spacial score (nSPS) is 31.8. The Morgan fingerprint density at radius 2 is 1.89 bits per heavy atom. The number of carbonyl (C=O) groups is 1. The molecule has 1 saturated heterocycles. The van der Waals surface area contributed by atoms with E-state index in [1.165, 1.54) is 0 Å². The summed E-state index contributed by atoms with van der Waals surface area (Å²) in [4.78, 5) is 15.0. The van der Waals surface area contributed by atoms with Gasteiger partial charge in [0.2, 0.25) is 0 Å². The molecule has 0 bridgehead atoms. The summed E-state index contributed by atoms with van der Waals surface area (Å²) in [6.07, 6.45) is 5.50. The number of alkyl halides is 2. The van der Waals surface area contributed by atoms with Crippen molar-refractivity contribution in [2.24, 2.45) is 5.92 Å². The van der Waals surface area contributed by atoms with Crippen molar-refractivity contribution in [3.63, 3.8) is 0 Å². The number of halogens is 2. The van der Waals surface area contributed by atoms with Crippen LogP contribution in [0.3, 0.4) is 0 Å². The van der Waals surface area contributed by atoms with Gasteiger partial charge in [0.15, 0.2) is 5.60 Å². The fraction of sp³-hybridized carbons (Fsp3) is 0.682. The number of benzene rings is 1. The predicted octanol–water partition coefficient (Wildman–Crippen LogP) is 4.66. The van der Waals surface area contributed by atoms with Gasteiger partial charge < -0.3 is 14.7 Å². The minimum Gasteiger partial charge on any atom is -0.478 e. The Labute approximate surface area is 177 Å². The molecule has 3 atom stereocenters. The van der Waals surface area contributed by atoms with Crippen LogP contribution in [0.4, 0.5) is 0 Å². The van der Waals surface area contributed by atoms with Gasteiger partial charge in [-0.15, -0.1) is 23.2 Å². The lowest BCUT2D eigenvalue weighted by Crippen LogP contribution is -2.58. The van der Waals surface area contributed by atoms with Crippen LogP contribution in [0.1, 0.15) is 63.9 Å². The Balaban J connectivity index is 1.39. The number of hydrogen-bond donors (Lipinski definition) is 1. The van der Waals surface area contributed by atoms with Crippen molar-refractivity contribution < 1.29 is 14.6 Å². The number of aliphatic hydroxyl groups is 1. The van der Waals surface area contributed by atoms with E-state index in [4.69, 9.17) is 27.9 Å². The van der Waals surface area contributed by atoms with Crippen LogP contribution in [0.25, 0.3) is 0 Å². The Bertz CT molecular complexity index is 749. The molecule has 3 aliphatic rings. The number of carbonyl (C=O) groups excluding carboxylic acids is 1. The van der Waals surface area contributed by atoms with Gasteiger partial charge in [-0.05, 0) is 57.2 Å². The molecule has 4 rings (SSSR count). The summed E-state index contributed by atoms with van der Waals surface area (Å²) in [5, 5.41) is 10.9. The molecule has 2 aliphatic carbocycles. The first-order chi connectivity index (χ1) is 13.1. The van der Waals surface area contributed by atoms with E-state index in [0.29, 0.717) is 25.3 Å². The average molecular weight is 426 g/mol. The molecule has 1 unspecified atom stereocenters. The number of ether oxygens (including phenoxy) is 1. The van der Waals surface area contributed by atoms with E-state index in [9.17, 15) is 9.90 Å². The van der Waals surface area contributed by atoms with Crippen LogP contribution in [-0.2, 0) is 4.79 Å². The summed E-state index contributed by atoms with van der Waals surface area (Å²) in [5.41, 5.74) is -0.457. The van der Waals surface area contributed by atoms with Gasteiger partial charge in [-0.3, -0.25) is 4.79 Å². The molecule has 1 aromatic rings. The van der Waals surface area contributed by atoms with Gasteiger partial charge in [0, 0.05) is 24.9 Å². The zero-order chi connectivity index (χ0) is 20.2. The molecular weight excluding hydrogens is 397 g/mol. The smallest absolute Gasteiger partial charge is 0.266 e. The van der Waals surface area contributed by atoms with E-state index in [0.717, 1.165) is 37.7 Å².